The van der Waals surface area contributed by atoms with Gasteiger partial charge in [-0.15, -0.1) is 10.2 Å². The number of nitrogens with one attached hydrogen (secondary N) is 1. The van der Waals surface area contributed by atoms with Gasteiger partial charge in [-0.25, -0.2) is 14.6 Å². The second-order valence-corrected chi connectivity index (χ2v) is 6.21. The van der Waals surface area contributed by atoms with Crippen molar-refractivity contribution in [1.29, 1.82) is 0 Å². The number of nitrogens with zero attached hydrogens (tertiary/aromatic N) is 8. The fraction of sp³-hybridized carbons (Fsp3) is 0.400. The molecule has 0 saturated heterocycles. The number of hydrogen-bond acceptors (Lipinski definition) is 7. The highest BCUT2D eigenvalue weighted by atomic mass is 16.2. The van der Waals surface area contributed by atoms with Crippen LogP contribution in [0.15, 0.2) is 24.9 Å². The topological polar surface area (TPSA) is 116 Å². The molecule has 3 aromatic heterocycles. The normalized spacial score (nSPS) is 19.4. The van der Waals surface area contributed by atoms with Crippen LogP contribution in [0.25, 0.3) is 0 Å². The molecule has 2 unspecified atom stereocenters. The number of rotatable bonds is 3. The largest absolute Gasteiger partial charge is 0.288 e. The van der Waals surface area contributed by atoms with Gasteiger partial charge in [0, 0.05) is 31.3 Å². The molecule has 1 aliphatic rings. The number of hydrogen-bond donors (Lipinski definition) is 1. The van der Waals surface area contributed by atoms with Gasteiger partial charge in [0.15, 0.2) is 5.69 Å². The highest BCUT2D eigenvalue weighted by molar-refractivity contribution is 6.01. The van der Waals surface area contributed by atoms with Crippen LogP contribution in [0.4, 0.5) is 5.95 Å². The van der Waals surface area contributed by atoms with E-state index in [1.807, 2.05) is 17.1 Å². The van der Waals surface area contributed by atoms with Crippen molar-refractivity contribution in [2.24, 2.45) is 7.05 Å². The van der Waals surface area contributed by atoms with Gasteiger partial charge in [0.05, 0.1) is 12.7 Å². The standard InChI is InChI=1S/C15H17N9O/c1-9-3-10(11-4-16-8-17-5-11)6-24-13(9)18-15(21-24)19-14(25)12-7-23(2)22-20-12/h4-5,7-10H,3,6H2,1-2H3,(H,19,21,25). The lowest BCUT2D eigenvalue weighted by Gasteiger charge is -2.26. The molecule has 0 spiro atoms. The fourth-order valence-corrected chi connectivity index (χ4v) is 3.10. The number of amides is 1. The van der Waals surface area contributed by atoms with Gasteiger partial charge < -0.3 is 0 Å². The van der Waals surface area contributed by atoms with E-state index in [1.165, 1.54) is 11.0 Å². The predicted octanol–water partition coefficient (Wildman–Crippen LogP) is 0.740. The van der Waals surface area contributed by atoms with E-state index in [1.54, 1.807) is 13.2 Å². The summed E-state index contributed by atoms with van der Waals surface area (Å²) in [5.41, 5.74) is 1.31. The van der Waals surface area contributed by atoms with Crippen LogP contribution < -0.4 is 5.32 Å². The van der Waals surface area contributed by atoms with Crippen molar-refractivity contribution in [3.63, 3.8) is 0 Å². The second kappa shape index (κ2) is 6.04. The second-order valence-electron chi connectivity index (χ2n) is 6.21. The first kappa shape index (κ1) is 15.4. The Balaban J connectivity index is 1.54. The van der Waals surface area contributed by atoms with E-state index in [9.17, 15) is 4.79 Å². The Kier molecular flexibility index (Phi) is 3.71. The van der Waals surface area contributed by atoms with E-state index < -0.39 is 0 Å². The van der Waals surface area contributed by atoms with E-state index in [4.69, 9.17) is 0 Å². The van der Waals surface area contributed by atoms with Gasteiger partial charge >= 0.3 is 0 Å². The van der Waals surface area contributed by atoms with Crippen LogP contribution in [0.2, 0.25) is 0 Å². The first-order valence-electron chi connectivity index (χ1n) is 7.97. The van der Waals surface area contributed by atoms with Crippen molar-refractivity contribution in [1.82, 2.24) is 39.7 Å². The van der Waals surface area contributed by atoms with Crippen LogP contribution in [-0.4, -0.2) is 45.6 Å². The first-order chi connectivity index (χ1) is 12.1. The monoisotopic (exact) mass is 339 g/mol. The summed E-state index contributed by atoms with van der Waals surface area (Å²) in [5, 5.41) is 14.6. The van der Waals surface area contributed by atoms with Crippen molar-refractivity contribution in [3.05, 3.63) is 42.0 Å². The Labute approximate surface area is 143 Å². The number of carbonyl (C=O) groups is 1. The lowest BCUT2D eigenvalue weighted by Crippen LogP contribution is -2.22. The molecule has 0 aliphatic carbocycles. The zero-order chi connectivity index (χ0) is 17.4. The van der Waals surface area contributed by atoms with Crippen molar-refractivity contribution < 1.29 is 4.79 Å². The Hall–Kier alpha value is -3.17. The molecule has 2 atom stereocenters. The molecule has 0 radical (unpaired) electrons. The summed E-state index contributed by atoms with van der Waals surface area (Å²) in [6, 6.07) is 0. The van der Waals surface area contributed by atoms with Crippen LogP contribution in [0, 0.1) is 0 Å². The Bertz CT molecular complexity index is 901. The van der Waals surface area contributed by atoms with Gasteiger partial charge in [-0.1, -0.05) is 12.1 Å². The molecule has 4 rings (SSSR count). The highest BCUT2D eigenvalue weighted by Gasteiger charge is 2.29. The number of aryl methyl sites for hydroxylation is 1. The van der Waals surface area contributed by atoms with E-state index in [2.05, 4.69) is 42.6 Å². The zero-order valence-electron chi connectivity index (χ0n) is 13.9. The maximum Gasteiger partial charge on any atom is 0.280 e. The molecule has 3 aromatic rings. The minimum absolute atomic E-state index is 0.216. The molecule has 0 aromatic carbocycles. The summed E-state index contributed by atoms with van der Waals surface area (Å²) >= 11 is 0. The lowest BCUT2D eigenvalue weighted by atomic mass is 9.88. The molecule has 10 heteroatoms. The van der Waals surface area contributed by atoms with E-state index in [-0.39, 0.29) is 29.4 Å². The van der Waals surface area contributed by atoms with Gasteiger partial charge in [-0.05, 0) is 12.0 Å². The third-order valence-electron chi connectivity index (χ3n) is 4.29. The number of fused-ring (bicyclic) bond motifs is 1. The van der Waals surface area contributed by atoms with E-state index >= 15 is 0 Å². The van der Waals surface area contributed by atoms with Crippen LogP contribution in [0.1, 0.15) is 47.1 Å². The van der Waals surface area contributed by atoms with Gasteiger partial charge in [0.25, 0.3) is 5.91 Å². The third-order valence-corrected chi connectivity index (χ3v) is 4.29. The molecule has 10 nitrogen and oxygen atoms in total. The quantitative estimate of drug-likeness (QED) is 0.748. The Morgan fingerprint density at radius 2 is 2.12 bits per heavy atom. The van der Waals surface area contributed by atoms with Gasteiger partial charge in [0.2, 0.25) is 5.95 Å². The van der Waals surface area contributed by atoms with Gasteiger partial charge in [-0.3, -0.25) is 14.8 Å². The maximum absolute atomic E-state index is 12.2. The first-order valence-corrected chi connectivity index (χ1v) is 7.97. The van der Waals surface area contributed by atoms with Crippen LogP contribution >= 0.6 is 0 Å². The van der Waals surface area contributed by atoms with Crippen LogP contribution in [0.3, 0.4) is 0 Å². The summed E-state index contributed by atoms with van der Waals surface area (Å²) in [4.78, 5) is 24.8. The molecule has 1 aliphatic heterocycles. The molecular weight excluding hydrogens is 322 g/mol. The molecule has 128 valence electrons. The molecule has 0 bridgehead atoms. The maximum atomic E-state index is 12.2. The minimum atomic E-state index is -0.378. The van der Waals surface area contributed by atoms with Crippen LogP contribution in [-0.2, 0) is 13.6 Å². The number of aromatic nitrogens is 8. The Morgan fingerprint density at radius 1 is 1.32 bits per heavy atom. The summed E-state index contributed by atoms with van der Waals surface area (Å²) in [6.07, 6.45) is 7.67. The highest BCUT2D eigenvalue weighted by Crippen LogP contribution is 2.35. The predicted molar refractivity (Wildman–Crippen MR) is 86.8 cm³/mol. The summed E-state index contributed by atoms with van der Waals surface area (Å²) in [5.74, 6) is 1.25. The van der Waals surface area contributed by atoms with E-state index in [0.717, 1.165) is 17.8 Å². The van der Waals surface area contributed by atoms with Crippen LogP contribution in [0.5, 0.6) is 0 Å². The smallest absolute Gasteiger partial charge is 0.280 e. The molecule has 0 saturated carbocycles. The summed E-state index contributed by atoms with van der Waals surface area (Å²) in [6.45, 7) is 2.78. The van der Waals surface area contributed by atoms with Gasteiger partial charge in [-0.2, -0.15) is 4.98 Å². The van der Waals surface area contributed by atoms with Gasteiger partial charge in [0.1, 0.15) is 12.2 Å². The van der Waals surface area contributed by atoms with Crippen molar-refractivity contribution in [2.75, 3.05) is 5.32 Å². The lowest BCUT2D eigenvalue weighted by molar-refractivity contribution is 0.102. The molecule has 0 fully saturated rings. The summed E-state index contributed by atoms with van der Waals surface area (Å²) < 4.78 is 3.31. The average molecular weight is 339 g/mol. The Morgan fingerprint density at radius 3 is 2.84 bits per heavy atom. The average Bonchev–Trinajstić information content (AvgIpc) is 3.22. The fourth-order valence-electron chi connectivity index (χ4n) is 3.10. The molecule has 4 heterocycles. The molecular formula is C15H17N9O. The zero-order valence-corrected chi connectivity index (χ0v) is 13.9. The third kappa shape index (κ3) is 2.97. The summed E-state index contributed by atoms with van der Waals surface area (Å²) in [7, 11) is 1.70. The van der Waals surface area contributed by atoms with Crippen molar-refractivity contribution >= 4 is 11.9 Å². The molecule has 25 heavy (non-hydrogen) atoms. The minimum Gasteiger partial charge on any atom is -0.288 e. The number of anilines is 1. The van der Waals surface area contributed by atoms with E-state index in [0.29, 0.717) is 6.54 Å². The van der Waals surface area contributed by atoms with Crippen molar-refractivity contribution in [2.45, 2.75) is 31.7 Å². The SMILES string of the molecule is CC1CC(c2cncnc2)Cn2nc(NC(=O)c3cn(C)nn3)nc21. The van der Waals surface area contributed by atoms with Crippen molar-refractivity contribution in [3.8, 4) is 0 Å². The molecule has 1 amide bonds. The molecule has 1 N–H and O–H groups in total. The number of carbonyl (C=O) groups excluding carboxylic acids is 1.